The van der Waals surface area contributed by atoms with E-state index in [1.54, 1.807) is 21.5 Å². The third-order valence-corrected chi connectivity index (χ3v) is 5.18. The number of fused-ring (bicyclic) bond motifs is 1. The topological polar surface area (TPSA) is 65.3 Å². The van der Waals surface area contributed by atoms with Gasteiger partial charge in [-0.2, -0.15) is 5.10 Å². The normalized spacial score (nSPS) is 11.3. The molecular formula is C24H20N4O2. The van der Waals surface area contributed by atoms with E-state index in [0.717, 1.165) is 22.5 Å². The van der Waals surface area contributed by atoms with Gasteiger partial charge in [0.05, 0.1) is 12.2 Å². The van der Waals surface area contributed by atoms with Crippen LogP contribution in [0.1, 0.15) is 17.0 Å². The fourth-order valence-electron chi connectivity index (χ4n) is 3.46. The van der Waals surface area contributed by atoms with Crippen molar-refractivity contribution in [2.45, 2.75) is 20.4 Å². The second kappa shape index (κ2) is 7.15. The van der Waals surface area contributed by atoms with Gasteiger partial charge in [0.2, 0.25) is 5.89 Å². The second-order valence-corrected chi connectivity index (χ2v) is 7.34. The first-order valence-electron chi connectivity index (χ1n) is 9.76. The van der Waals surface area contributed by atoms with Crippen molar-refractivity contribution in [2.24, 2.45) is 0 Å². The molecule has 0 unspecified atom stereocenters. The Bertz CT molecular complexity index is 1390. The molecule has 0 fully saturated rings. The van der Waals surface area contributed by atoms with Crippen molar-refractivity contribution < 1.29 is 4.42 Å². The van der Waals surface area contributed by atoms with E-state index in [-0.39, 0.29) is 5.56 Å². The van der Waals surface area contributed by atoms with E-state index in [4.69, 9.17) is 4.42 Å². The molecule has 0 bridgehead atoms. The van der Waals surface area contributed by atoms with Crippen molar-refractivity contribution in [1.82, 2.24) is 19.2 Å². The molecule has 0 saturated carbocycles. The number of oxazole rings is 1. The predicted molar refractivity (Wildman–Crippen MR) is 115 cm³/mol. The van der Waals surface area contributed by atoms with Crippen molar-refractivity contribution in [2.75, 3.05) is 0 Å². The smallest absolute Gasteiger partial charge is 0.276 e. The first-order chi connectivity index (χ1) is 14.6. The number of hydrogen-bond donors (Lipinski definition) is 0. The minimum atomic E-state index is -0.118. The lowest BCUT2D eigenvalue weighted by Crippen LogP contribution is -2.22. The molecule has 0 spiro atoms. The monoisotopic (exact) mass is 396 g/mol. The van der Waals surface area contributed by atoms with E-state index in [1.165, 1.54) is 5.56 Å². The van der Waals surface area contributed by atoms with Gasteiger partial charge in [-0.25, -0.2) is 9.50 Å². The quantitative estimate of drug-likeness (QED) is 0.449. The first kappa shape index (κ1) is 18.1. The van der Waals surface area contributed by atoms with Crippen LogP contribution in [0.2, 0.25) is 0 Å². The van der Waals surface area contributed by atoms with Crippen LogP contribution in [-0.4, -0.2) is 19.2 Å². The van der Waals surface area contributed by atoms with Crippen molar-refractivity contribution in [3.05, 3.63) is 100 Å². The van der Waals surface area contributed by atoms with Crippen LogP contribution in [0.3, 0.4) is 0 Å². The third-order valence-electron chi connectivity index (χ3n) is 5.18. The fourth-order valence-corrected chi connectivity index (χ4v) is 3.46. The molecule has 0 aliphatic rings. The van der Waals surface area contributed by atoms with Crippen LogP contribution in [0.15, 0.2) is 82.3 Å². The third kappa shape index (κ3) is 3.22. The van der Waals surface area contributed by atoms with Crippen LogP contribution in [0.4, 0.5) is 0 Å². The van der Waals surface area contributed by atoms with Gasteiger partial charge in [0.25, 0.3) is 5.56 Å². The summed E-state index contributed by atoms with van der Waals surface area (Å²) in [4.78, 5) is 17.7. The fraction of sp³-hybridized carbons (Fsp3) is 0.125. The highest BCUT2D eigenvalue weighted by atomic mass is 16.4. The van der Waals surface area contributed by atoms with Gasteiger partial charge in [0.1, 0.15) is 17.0 Å². The number of rotatable bonds is 4. The molecule has 5 rings (SSSR count). The van der Waals surface area contributed by atoms with E-state index in [1.807, 2.05) is 74.5 Å². The van der Waals surface area contributed by atoms with Crippen LogP contribution in [0.25, 0.3) is 28.2 Å². The van der Waals surface area contributed by atoms with Gasteiger partial charge >= 0.3 is 0 Å². The summed E-state index contributed by atoms with van der Waals surface area (Å²) in [7, 11) is 0. The maximum atomic E-state index is 13.1. The predicted octanol–water partition coefficient (Wildman–Crippen LogP) is 4.48. The van der Waals surface area contributed by atoms with Crippen molar-refractivity contribution in [3.63, 3.8) is 0 Å². The summed E-state index contributed by atoms with van der Waals surface area (Å²) >= 11 is 0. The Morgan fingerprint density at radius 3 is 2.47 bits per heavy atom. The number of aromatic nitrogens is 4. The van der Waals surface area contributed by atoms with Gasteiger partial charge in [-0.05, 0) is 32.0 Å². The maximum Gasteiger partial charge on any atom is 0.276 e. The van der Waals surface area contributed by atoms with Crippen LogP contribution in [-0.2, 0) is 6.54 Å². The van der Waals surface area contributed by atoms with Gasteiger partial charge in [-0.15, -0.1) is 0 Å². The summed E-state index contributed by atoms with van der Waals surface area (Å²) in [5.41, 5.74) is 4.99. The first-order valence-corrected chi connectivity index (χ1v) is 9.76. The summed E-state index contributed by atoms with van der Waals surface area (Å²) in [6.07, 6.45) is 3.53. The van der Waals surface area contributed by atoms with E-state index >= 15 is 0 Å². The maximum absolute atomic E-state index is 13.1. The summed E-state index contributed by atoms with van der Waals surface area (Å²) in [5, 5.41) is 4.55. The van der Waals surface area contributed by atoms with E-state index in [0.29, 0.717) is 23.7 Å². The lowest BCUT2D eigenvalue weighted by Gasteiger charge is -2.03. The molecule has 6 heteroatoms. The lowest BCUT2D eigenvalue weighted by molar-refractivity contribution is 0.537. The molecule has 0 saturated heterocycles. The van der Waals surface area contributed by atoms with E-state index in [9.17, 15) is 4.79 Å². The summed E-state index contributed by atoms with van der Waals surface area (Å²) < 4.78 is 9.09. The zero-order valence-electron chi connectivity index (χ0n) is 16.7. The standard InChI is InChI=1S/C24H20N4O2/c1-16-8-10-18(11-9-16)20-14-22-24(29)27(12-13-28(22)26-20)15-21-17(2)30-23(25-21)19-6-4-3-5-7-19/h3-14H,15H2,1-2H3. The highest BCUT2D eigenvalue weighted by molar-refractivity contribution is 5.65. The SMILES string of the molecule is Cc1ccc(-c2cc3c(=O)n(Cc4nc(-c5ccccc5)oc4C)ccn3n2)cc1. The second-order valence-electron chi connectivity index (χ2n) is 7.34. The van der Waals surface area contributed by atoms with Crippen molar-refractivity contribution in [1.29, 1.82) is 0 Å². The molecule has 0 radical (unpaired) electrons. The van der Waals surface area contributed by atoms with Crippen molar-refractivity contribution in [3.8, 4) is 22.7 Å². The van der Waals surface area contributed by atoms with Gasteiger partial charge < -0.3 is 8.98 Å². The molecule has 5 aromatic rings. The Morgan fingerprint density at radius 2 is 1.70 bits per heavy atom. The highest BCUT2D eigenvalue weighted by Crippen LogP contribution is 2.22. The van der Waals surface area contributed by atoms with Crippen molar-refractivity contribution >= 4 is 5.52 Å². The number of nitrogens with zero attached hydrogens (tertiary/aromatic N) is 4. The lowest BCUT2D eigenvalue weighted by atomic mass is 10.1. The van der Waals surface area contributed by atoms with Crippen LogP contribution in [0, 0.1) is 13.8 Å². The molecule has 3 aromatic heterocycles. The Balaban J connectivity index is 1.50. The van der Waals surface area contributed by atoms with Gasteiger partial charge in [0.15, 0.2) is 0 Å². The molecule has 2 aromatic carbocycles. The summed E-state index contributed by atoms with van der Waals surface area (Å²) in [6.45, 7) is 4.25. The molecule has 0 aliphatic carbocycles. The molecule has 6 nitrogen and oxygen atoms in total. The molecule has 0 amide bonds. The summed E-state index contributed by atoms with van der Waals surface area (Å²) in [6, 6.07) is 19.7. The number of aryl methyl sites for hydroxylation is 2. The zero-order chi connectivity index (χ0) is 20.7. The minimum Gasteiger partial charge on any atom is -0.441 e. The molecule has 0 aliphatic heterocycles. The molecular weight excluding hydrogens is 376 g/mol. The van der Waals surface area contributed by atoms with E-state index in [2.05, 4.69) is 10.1 Å². The minimum absolute atomic E-state index is 0.118. The Kier molecular flexibility index (Phi) is 4.32. The largest absolute Gasteiger partial charge is 0.441 e. The number of hydrogen-bond acceptors (Lipinski definition) is 4. The van der Waals surface area contributed by atoms with Gasteiger partial charge in [-0.3, -0.25) is 4.79 Å². The average molecular weight is 396 g/mol. The summed E-state index contributed by atoms with van der Waals surface area (Å²) in [5.74, 6) is 1.26. The Morgan fingerprint density at radius 1 is 0.933 bits per heavy atom. The molecule has 0 N–H and O–H groups in total. The van der Waals surface area contributed by atoms with Crippen LogP contribution in [0.5, 0.6) is 0 Å². The highest BCUT2D eigenvalue weighted by Gasteiger charge is 2.14. The van der Waals surface area contributed by atoms with Gasteiger partial charge in [-0.1, -0.05) is 48.0 Å². The van der Waals surface area contributed by atoms with Crippen LogP contribution < -0.4 is 5.56 Å². The molecule has 30 heavy (non-hydrogen) atoms. The zero-order valence-corrected chi connectivity index (χ0v) is 16.7. The molecule has 0 atom stereocenters. The molecule has 3 heterocycles. The number of benzene rings is 2. The Hall–Kier alpha value is -3.93. The van der Waals surface area contributed by atoms with Crippen LogP contribution >= 0.6 is 0 Å². The van der Waals surface area contributed by atoms with Gasteiger partial charge in [0, 0.05) is 23.5 Å². The molecule has 148 valence electrons. The average Bonchev–Trinajstić information content (AvgIpc) is 3.36. The Labute approximate surface area is 173 Å². The van der Waals surface area contributed by atoms with E-state index < -0.39 is 0 Å².